The van der Waals surface area contributed by atoms with Crippen LogP contribution in [0.1, 0.15) is 32.0 Å². The maximum atomic E-state index is 10.9. The van der Waals surface area contributed by atoms with E-state index in [1.54, 1.807) is 10.9 Å². The minimum absolute atomic E-state index is 0.428. The van der Waals surface area contributed by atoms with Gasteiger partial charge in [0, 0.05) is 7.05 Å². The van der Waals surface area contributed by atoms with Crippen molar-refractivity contribution in [3.8, 4) is 0 Å². The first-order chi connectivity index (χ1) is 7.65. The van der Waals surface area contributed by atoms with E-state index in [4.69, 9.17) is 5.11 Å². The predicted octanol–water partition coefficient (Wildman–Crippen LogP) is 0.548. The van der Waals surface area contributed by atoms with Gasteiger partial charge < -0.3 is 9.67 Å². The van der Waals surface area contributed by atoms with Crippen LogP contribution in [0.4, 0.5) is 0 Å². The highest BCUT2D eigenvalue weighted by Crippen LogP contribution is 2.02. The standard InChI is InChI=1S/C10H18N4O2/c1-3-4-5-8(10(15)16)11-6-9-13-12-7-14(9)2/h7-8,11H,3-6H2,1-2H3,(H,15,16). The van der Waals surface area contributed by atoms with Gasteiger partial charge in [-0.15, -0.1) is 10.2 Å². The molecule has 0 fully saturated rings. The normalized spacial score (nSPS) is 12.6. The van der Waals surface area contributed by atoms with Crippen molar-refractivity contribution in [1.82, 2.24) is 20.1 Å². The number of carboxylic acids is 1. The van der Waals surface area contributed by atoms with Gasteiger partial charge in [0.25, 0.3) is 0 Å². The van der Waals surface area contributed by atoms with Gasteiger partial charge in [-0.05, 0) is 6.42 Å². The Balaban J connectivity index is 2.44. The van der Waals surface area contributed by atoms with E-state index >= 15 is 0 Å². The molecule has 1 aromatic heterocycles. The molecule has 0 spiro atoms. The molecule has 6 nitrogen and oxygen atoms in total. The van der Waals surface area contributed by atoms with Gasteiger partial charge in [-0.3, -0.25) is 10.1 Å². The minimum Gasteiger partial charge on any atom is -0.480 e. The van der Waals surface area contributed by atoms with E-state index in [9.17, 15) is 4.79 Å². The number of carbonyl (C=O) groups is 1. The largest absolute Gasteiger partial charge is 0.480 e. The van der Waals surface area contributed by atoms with Crippen molar-refractivity contribution in [3.05, 3.63) is 12.2 Å². The molecule has 0 radical (unpaired) electrons. The van der Waals surface area contributed by atoms with Gasteiger partial charge in [0.05, 0.1) is 6.54 Å². The second kappa shape index (κ2) is 6.22. The van der Waals surface area contributed by atoms with Crippen molar-refractivity contribution in [3.63, 3.8) is 0 Å². The number of hydrogen-bond acceptors (Lipinski definition) is 4. The molecule has 1 rings (SSSR count). The molecule has 0 aliphatic carbocycles. The van der Waals surface area contributed by atoms with E-state index < -0.39 is 12.0 Å². The van der Waals surface area contributed by atoms with Crippen molar-refractivity contribution in [2.75, 3.05) is 0 Å². The maximum absolute atomic E-state index is 10.9. The lowest BCUT2D eigenvalue weighted by Gasteiger charge is -2.13. The minimum atomic E-state index is -0.810. The van der Waals surface area contributed by atoms with Gasteiger partial charge >= 0.3 is 5.97 Å². The predicted molar refractivity (Wildman–Crippen MR) is 58.8 cm³/mol. The SMILES string of the molecule is CCCCC(NCc1nncn1C)C(=O)O. The van der Waals surface area contributed by atoms with Crippen LogP contribution in [0.15, 0.2) is 6.33 Å². The molecule has 16 heavy (non-hydrogen) atoms. The number of unbranched alkanes of at least 4 members (excludes halogenated alkanes) is 1. The molecule has 6 heteroatoms. The lowest BCUT2D eigenvalue weighted by molar-refractivity contribution is -0.139. The molecule has 1 atom stereocenters. The fourth-order valence-electron chi connectivity index (χ4n) is 1.40. The third kappa shape index (κ3) is 3.62. The van der Waals surface area contributed by atoms with Crippen molar-refractivity contribution in [2.24, 2.45) is 7.05 Å². The van der Waals surface area contributed by atoms with E-state index in [2.05, 4.69) is 15.5 Å². The molecule has 1 unspecified atom stereocenters. The highest BCUT2D eigenvalue weighted by atomic mass is 16.4. The number of aliphatic carboxylic acids is 1. The highest BCUT2D eigenvalue weighted by molar-refractivity contribution is 5.73. The third-order valence-corrected chi connectivity index (χ3v) is 2.46. The number of nitrogens with zero attached hydrogens (tertiary/aromatic N) is 3. The van der Waals surface area contributed by atoms with Crippen LogP contribution in [-0.4, -0.2) is 31.9 Å². The summed E-state index contributed by atoms with van der Waals surface area (Å²) in [5.41, 5.74) is 0. The summed E-state index contributed by atoms with van der Waals surface area (Å²) in [6.45, 7) is 2.47. The number of carboxylic acid groups (broad SMARTS) is 1. The fourth-order valence-corrected chi connectivity index (χ4v) is 1.40. The first-order valence-electron chi connectivity index (χ1n) is 5.44. The van der Waals surface area contributed by atoms with Crippen molar-refractivity contribution in [1.29, 1.82) is 0 Å². The maximum Gasteiger partial charge on any atom is 0.320 e. The number of aromatic nitrogens is 3. The van der Waals surface area contributed by atoms with Crippen molar-refractivity contribution < 1.29 is 9.90 Å². The molecular formula is C10H18N4O2. The molecule has 0 aliphatic rings. The summed E-state index contributed by atoms with van der Waals surface area (Å²) in [7, 11) is 1.83. The summed E-state index contributed by atoms with van der Waals surface area (Å²) in [6, 6.07) is -0.503. The van der Waals surface area contributed by atoms with Crippen molar-refractivity contribution >= 4 is 5.97 Å². The molecule has 1 aromatic rings. The monoisotopic (exact) mass is 226 g/mol. The first kappa shape index (κ1) is 12.6. The van der Waals surface area contributed by atoms with Crippen LogP contribution in [0.25, 0.3) is 0 Å². The molecule has 0 aliphatic heterocycles. The van der Waals surface area contributed by atoms with Crippen LogP contribution in [-0.2, 0) is 18.4 Å². The van der Waals surface area contributed by atoms with Crippen LogP contribution in [0, 0.1) is 0 Å². The van der Waals surface area contributed by atoms with Crippen LogP contribution < -0.4 is 5.32 Å². The Hall–Kier alpha value is -1.43. The first-order valence-corrected chi connectivity index (χ1v) is 5.44. The quantitative estimate of drug-likeness (QED) is 0.709. The average molecular weight is 226 g/mol. The fraction of sp³-hybridized carbons (Fsp3) is 0.700. The lowest BCUT2D eigenvalue weighted by atomic mass is 10.1. The molecule has 0 bridgehead atoms. The molecule has 2 N–H and O–H groups in total. The zero-order chi connectivity index (χ0) is 12.0. The average Bonchev–Trinajstić information content (AvgIpc) is 2.64. The second-order valence-electron chi connectivity index (χ2n) is 3.77. The Labute approximate surface area is 94.7 Å². The molecule has 90 valence electrons. The molecule has 0 saturated heterocycles. The van der Waals surface area contributed by atoms with Crippen LogP contribution in [0.3, 0.4) is 0 Å². The van der Waals surface area contributed by atoms with E-state index in [0.717, 1.165) is 18.7 Å². The Bertz CT molecular complexity index is 337. The number of nitrogens with one attached hydrogen (secondary N) is 1. The molecule has 0 saturated carbocycles. The molecule has 0 amide bonds. The lowest BCUT2D eigenvalue weighted by Crippen LogP contribution is -2.36. The van der Waals surface area contributed by atoms with E-state index in [1.807, 2.05) is 14.0 Å². The highest BCUT2D eigenvalue weighted by Gasteiger charge is 2.16. The van der Waals surface area contributed by atoms with Gasteiger partial charge in [-0.2, -0.15) is 0 Å². The van der Waals surface area contributed by atoms with E-state index in [0.29, 0.717) is 13.0 Å². The molecular weight excluding hydrogens is 208 g/mol. The Morgan fingerprint density at radius 3 is 2.94 bits per heavy atom. The number of hydrogen-bond donors (Lipinski definition) is 2. The van der Waals surface area contributed by atoms with Crippen LogP contribution in [0.5, 0.6) is 0 Å². The summed E-state index contributed by atoms with van der Waals surface area (Å²) in [4.78, 5) is 10.9. The van der Waals surface area contributed by atoms with Gasteiger partial charge in [-0.1, -0.05) is 19.8 Å². The summed E-state index contributed by atoms with van der Waals surface area (Å²) < 4.78 is 1.77. The summed E-state index contributed by atoms with van der Waals surface area (Å²) in [5, 5.41) is 19.6. The Morgan fingerprint density at radius 2 is 2.44 bits per heavy atom. The zero-order valence-electron chi connectivity index (χ0n) is 9.68. The Kier molecular flexibility index (Phi) is 4.91. The zero-order valence-corrected chi connectivity index (χ0v) is 9.68. The van der Waals surface area contributed by atoms with Gasteiger partial charge in [0.2, 0.25) is 0 Å². The third-order valence-electron chi connectivity index (χ3n) is 2.46. The van der Waals surface area contributed by atoms with Gasteiger partial charge in [0.1, 0.15) is 18.2 Å². The van der Waals surface area contributed by atoms with E-state index in [-0.39, 0.29) is 0 Å². The van der Waals surface area contributed by atoms with Crippen LogP contribution in [0.2, 0.25) is 0 Å². The Morgan fingerprint density at radius 1 is 1.69 bits per heavy atom. The van der Waals surface area contributed by atoms with E-state index in [1.165, 1.54) is 0 Å². The smallest absolute Gasteiger partial charge is 0.320 e. The van der Waals surface area contributed by atoms with Crippen LogP contribution >= 0.6 is 0 Å². The second-order valence-corrected chi connectivity index (χ2v) is 3.77. The van der Waals surface area contributed by atoms with Gasteiger partial charge in [0.15, 0.2) is 0 Å². The number of rotatable bonds is 7. The summed E-state index contributed by atoms with van der Waals surface area (Å²) in [6.07, 6.45) is 4.14. The van der Waals surface area contributed by atoms with Crippen molar-refractivity contribution in [2.45, 2.75) is 38.8 Å². The molecule has 1 heterocycles. The number of aryl methyl sites for hydroxylation is 1. The van der Waals surface area contributed by atoms with Gasteiger partial charge in [-0.25, -0.2) is 0 Å². The summed E-state index contributed by atoms with van der Waals surface area (Å²) in [5.74, 6) is -0.0710. The topological polar surface area (TPSA) is 80.0 Å². The molecule has 0 aromatic carbocycles. The summed E-state index contributed by atoms with van der Waals surface area (Å²) >= 11 is 0.